The van der Waals surface area contributed by atoms with Gasteiger partial charge in [0, 0.05) is 11.6 Å². The Kier molecular flexibility index (Phi) is 6.76. The van der Waals surface area contributed by atoms with Gasteiger partial charge in [-0.15, -0.1) is 0 Å². The van der Waals surface area contributed by atoms with Gasteiger partial charge in [-0.05, 0) is 60.5 Å². The number of hydrogen-bond donors (Lipinski definition) is 1. The number of hydrogen-bond acceptors (Lipinski definition) is 5. The first kappa shape index (κ1) is 22.9. The number of amides is 1. The average molecular weight is 487 g/mol. The van der Waals surface area contributed by atoms with Gasteiger partial charge in [0.15, 0.2) is 6.10 Å². The van der Waals surface area contributed by atoms with Gasteiger partial charge in [-0.25, -0.2) is 8.42 Å². The fourth-order valence-corrected chi connectivity index (χ4v) is 5.14. The van der Waals surface area contributed by atoms with Crippen molar-refractivity contribution in [2.45, 2.75) is 17.4 Å². The predicted octanol–water partition coefficient (Wildman–Crippen LogP) is 3.66. The zero-order valence-electron chi connectivity index (χ0n) is 17.9. The number of para-hydroxylation sites is 2. The van der Waals surface area contributed by atoms with Crippen LogP contribution in [0.3, 0.4) is 0 Å². The van der Waals surface area contributed by atoms with Gasteiger partial charge in [0.25, 0.3) is 15.9 Å². The molecule has 1 N–H and O–H groups in total. The Morgan fingerprint density at radius 1 is 1.09 bits per heavy atom. The lowest BCUT2D eigenvalue weighted by atomic mass is 10.1. The Balaban J connectivity index is 1.52. The second-order valence-corrected chi connectivity index (χ2v) is 9.75. The molecule has 1 aliphatic heterocycles. The van der Waals surface area contributed by atoms with Crippen molar-refractivity contribution in [2.24, 2.45) is 0 Å². The molecule has 3 aromatic carbocycles. The number of nitrogens with one attached hydrogen (secondary N) is 1. The maximum atomic E-state index is 13.4. The lowest BCUT2D eigenvalue weighted by Crippen LogP contribution is -2.51. The molecule has 1 heterocycles. The third kappa shape index (κ3) is 5.07. The van der Waals surface area contributed by atoms with Crippen molar-refractivity contribution in [1.29, 1.82) is 0 Å². The van der Waals surface area contributed by atoms with Crippen LogP contribution in [0, 0.1) is 0 Å². The van der Waals surface area contributed by atoms with E-state index in [1.54, 1.807) is 48.5 Å². The number of rotatable bonds is 7. The molecule has 33 heavy (non-hydrogen) atoms. The first-order valence-electron chi connectivity index (χ1n) is 10.3. The SMILES string of the molecule is COc1ccc(S(=O)(=O)N2C[C@H](C(=O)NCCc3ccc(Cl)cc3)Oc3ccccc32)cc1. The molecule has 7 nitrogen and oxygen atoms in total. The molecule has 0 aromatic heterocycles. The molecule has 0 bridgehead atoms. The standard InChI is InChI=1S/C24H23ClN2O5S/c1-31-19-10-12-20(13-11-19)33(29,30)27-16-23(32-22-5-3-2-4-21(22)27)24(28)26-15-14-17-6-8-18(25)9-7-17/h2-13,23H,14-16H2,1H3,(H,26,28)/t23-/m1/s1. The van der Waals surface area contributed by atoms with E-state index in [2.05, 4.69) is 5.32 Å². The maximum Gasteiger partial charge on any atom is 0.264 e. The van der Waals surface area contributed by atoms with Crippen LogP contribution in [-0.4, -0.2) is 40.6 Å². The highest BCUT2D eigenvalue weighted by Crippen LogP contribution is 2.37. The third-order valence-electron chi connectivity index (χ3n) is 5.30. The molecular weight excluding hydrogens is 464 g/mol. The summed E-state index contributed by atoms with van der Waals surface area (Å²) in [7, 11) is -2.42. The van der Waals surface area contributed by atoms with Gasteiger partial charge >= 0.3 is 0 Å². The molecule has 4 rings (SSSR count). The van der Waals surface area contributed by atoms with E-state index in [0.717, 1.165) is 5.56 Å². The summed E-state index contributed by atoms with van der Waals surface area (Å²) in [5, 5.41) is 3.49. The van der Waals surface area contributed by atoms with E-state index in [0.29, 0.717) is 35.2 Å². The van der Waals surface area contributed by atoms with Crippen LogP contribution in [0.4, 0.5) is 5.69 Å². The molecule has 0 aliphatic carbocycles. The van der Waals surface area contributed by atoms with Crippen LogP contribution in [0.1, 0.15) is 5.56 Å². The largest absolute Gasteiger partial charge is 0.497 e. The Labute approximate surface area is 197 Å². The van der Waals surface area contributed by atoms with Crippen molar-refractivity contribution in [1.82, 2.24) is 5.32 Å². The number of carbonyl (C=O) groups excluding carboxylic acids is 1. The average Bonchev–Trinajstić information content (AvgIpc) is 2.84. The van der Waals surface area contributed by atoms with Gasteiger partial charge in [-0.3, -0.25) is 9.10 Å². The van der Waals surface area contributed by atoms with Gasteiger partial charge in [0.05, 0.1) is 24.2 Å². The summed E-state index contributed by atoms with van der Waals surface area (Å²) in [6, 6.07) is 20.3. The second kappa shape index (κ2) is 9.72. The van der Waals surface area contributed by atoms with Crippen molar-refractivity contribution in [3.63, 3.8) is 0 Å². The van der Waals surface area contributed by atoms with Gasteiger partial charge in [0.1, 0.15) is 11.5 Å². The Hall–Kier alpha value is -3.23. The minimum Gasteiger partial charge on any atom is -0.497 e. The summed E-state index contributed by atoms with van der Waals surface area (Å²) in [6.07, 6.45) is -0.377. The minimum atomic E-state index is -3.93. The summed E-state index contributed by atoms with van der Waals surface area (Å²) in [4.78, 5) is 12.9. The number of methoxy groups -OCH3 is 1. The summed E-state index contributed by atoms with van der Waals surface area (Å²) in [5.74, 6) is 0.501. The molecule has 0 saturated carbocycles. The van der Waals surface area contributed by atoms with Crippen LogP contribution < -0.4 is 19.1 Å². The fourth-order valence-electron chi connectivity index (χ4n) is 3.54. The Morgan fingerprint density at radius 3 is 2.48 bits per heavy atom. The van der Waals surface area contributed by atoms with E-state index >= 15 is 0 Å². The zero-order chi connectivity index (χ0) is 23.4. The van der Waals surface area contributed by atoms with Crippen LogP contribution >= 0.6 is 11.6 Å². The molecular formula is C24H23ClN2O5S. The molecule has 1 aliphatic rings. The number of carbonyl (C=O) groups is 1. The topological polar surface area (TPSA) is 84.9 Å². The smallest absolute Gasteiger partial charge is 0.264 e. The molecule has 9 heteroatoms. The lowest BCUT2D eigenvalue weighted by Gasteiger charge is -2.34. The van der Waals surface area contributed by atoms with E-state index in [9.17, 15) is 13.2 Å². The maximum absolute atomic E-state index is 13.4. The Morgan fingerprint density at radius 2 is 1.79 bits per heavy atom. The predicted molar refractivity (Wildman–Crippen MR) is 127 cm³/mol. The molecule has 0 spiro atoms. The minimum absolute atomic E-state index is 0.0990. The summed E-state index contributed by atoms with van der Waals surface area (Å²) in [5.41, 5.74) is 1.41. The summed E-state index contributed by atoms with van der Waals surface area (Å²) in [6.45, 7) is 0.241. The first-order chi connectivity index (χ1) is 15.9. The molecule has 3 aromatic rings. The highest BCUT2D eigenvalue weighted by Gasteiger charge is 2.37. The number of anilines is 1. The van der Waals surface area contributed by atoms with E-state index in [1.807, 2.05) is 12.1 Å². The molecule has 0 unspecified atom stereocenters. The highest BCUT2D eigenvalue weighted by molar-refractivity contribution is 7.92. The van der Waals surface area contributed by atoms with Crippen LogP contribution in [0.5, 0.6) is 11.5 Å². The van der Waals surface area contributed by atoms with Gasteiger partial charge in [-0.1, -0.05) is 35.9 Å². The van der Waals surface area contributed by atoms with Crippen molar-refractivity contribution in [2.75, 3.05) is 24.5 Å². The fraction of sp³-hybridized carbons (Fsp3) is 0.208. The second-order valence-electron chi connectivity index (χ2n) is 7.45. The van der Waals surface area contributed by atoms with Crippen LogP contribution in [0.2, 0.25) is 5.02 Å². The molecule has 0 fully saturated rings. The molecule has 1 amide bonds. The van der Waals surface area contributed by atoms with E-state index in [4.69, 9.17) is 21.1 Å². The van der Waals surface area contributed by atoms with Gasteiger partial charge in [0.2, 0.25) is 0 Å². The number of nitrogens with zero attached hydrogens (tertiary/aromatic N) is 1. The quantitative estimate of drug-likeness (QED) is 0.551. The molecule has 0 radical (unpaired) electrons. The molecule has 172 valence electrons. The van der Waals surface area contributed by atoms with Crippen molar-refractivity contribution < 1.29 is 22.7 Å². The van der Waals surface area contributed by atoms with Crippen molar-refractivity contribution in [3.8, 4) is 11.5 Å². The van der Waals surface area contributed by atoms with E-state index < -0.39 is 16.1 Å². The number of benzene rings is 3. The van der Waals surface area contributed by atoms with E-state index in [-0.39, 0.29) is 17.3 Å². The van der Waals surface area contributed by atoms with Crippen molar-refractivity contribution >= 4 is 33.2 Å². The highest BCUT2D eigenvalue weighted by atomic mass is 35.5. The van der Waals surface area contributed by atoms with Crippen LogP contribution in [-0.2, 0) is 21.2 Å². The van der Waals surface area contributed by atoms with Crippen LogP contribution in [0.15, 0.2) is 77.7 Å². The summed E-state index contributed by atoms with van der Waals surface area (Å²) >= 11 is 5.90. The third-order valence-corrected chi connectivity index (χ3v) is 7.35. The first-order valence-corrected chi connectivity index (χ1v) is 12.1. The number of halogens is 1. The molecule has 1 atom stereocenters. The monoisotopic (exact) mass is 486 g/mol. The summed E-state index contributed by atoms with van der Waals surface area (Å²) < 4.78 is 39.1. The number of fused-ring (bicyclic) bond motifs is 1. The van der Waals surface area contributed by atoms with E-state index in [1.165, 1.54) is 23.5 Å². The number of sulfonamides is 1. The Bertz CT molecular complexity index is 1230. The number of ether oxygens (including phenoxy) is 2. The normalized spacial score (nSPS) is 15.3. The van der Waals surface area contributed by atoms with Gasteiger partial charge < -0.3 is 14.8 Å². The zero-order valence-corrected chi connectivity index (χ0v) is 19.5. The van der Waals surface area contributed by atoms with Crippen LogP contribution in [0.25, 0.3) is 0 Å². The lowest BCUT2D eigenvalue weighted by molar-refractivity contribution is -0.127. The molecule has 0 saturated heterocycles. The van der Waals surface area contributed by atoms with Crippen molar-refractivity contribution in [3.05, 3.63) is 83.4 Å². The van der Waals surface area contributed by atoms with Gasteiger partial charge in [-0.2, -0.15) is 0 Å².